The monoisotopic (exact) mass is 381 g/mol. The number of carbonyl (C=O) groups is 1. The Morgan fingerprint density at radius 1 is 1.27 bits per heavy atom. The van der Waals surface area contributed by atoms with Crippen LogP contribution in [0.4, 0.5) is 5.95 Å². The highest BCUT2D eigenvalue weighted by Crippen LogP contribution is 2.23. The van der Waals surface area contributed by atoms with Gasteiger partial charge in [0.15, 0.2) is 0 Å². The zero-order chi connectivity index (χ0) is 18.7. The normalized spacial score (nSPS) is 15.4. The summed E-state index contributed by atoms with van der Waals surface area (Å²) in [5.74, 6) is 0.596. The first-order chi connectivity index (χ1) is 12.3. The van der Waals surface area contributed by atoms with E-state index in [-0.39, 0.29) is 19.0 Å². The van der Waals surface area contributed by atoms with Crippen LogP contribution in [-0.4, -0.2) is 69.5 Å². The lowest BCUT2D eigenvalue weighted by atomic mass is 10.2. The lowest BCUT2D eigenvalue weighted by molar-refractivity contribution is 0.0954. The first-order valence-electron chi connectivity index (χ1n) is 8.37. The van der Waals surface area contributed by atoms with Crippen LogP contribution in [0.15, 0.2) is 18.2 Å². The van der Waals surface area contributed by atoms with E-state index >= 15 is 0 Å². The molecule has 3 rings (SSSR count). The number of nitrogens with one attached hydrogen (secondary N) is 2. The van der Waals surface area contributed by atoms with Crippen LogP contribution in [0.2, 0.25) is 0 Å². The topological polar surface area (TPSA) is 106 Å². The second kappa shape index (κ2) is 7.60. The van der Waals surface area contributed by atoms with Crippen LogP contribution in [-0.2, 0) is 21.8 Å². The number of amides is 1. The van der Waals surface area contributed by atoms with Crippen molar-refractivity contribution in [1.29, 1.82) is 0 Å². The minimum Gasteiger partial charge on any atom is -0.378 e. The van der Waals surface area contributed by atoms with Gasteiger partial charge in [-0.25, -0.2) is 18.1 Å². The molecule has 0 atom stereocenters. The average Bonchev–Trinajstić information content (AvgIpc) is 2.95. The molecule has 1 aromatic heterocycles. The number of fused-ring (bicyclic) bond motifs is 1. The molecule has 1 aliphatic heterocycles. The maximum absolute atomic E-state index is 12.3. The van der Waals surface area contributed by atoms with Gasteiger partial charge >= 0.3 is 0 Å². The van der Waals surface area contributed by atoms with Gasteiger partial charge in [0.1, 0.15) is 0 Å². The number of imidazole rings is 1. The first-order valence-corrected chi connectivity index (χ1v) is 10.3. The van der Waals surface area contributed by atoms with E-state index in [1.54, 1.807) is 12.1 Å². The molecular formula is C16H23N5O4S. The smallest absolute Gasteiger partial charge is 0.251 e. The number of hydrogen-bond donors (Lipinski definition) is 2. The number of morpholine rings is 1. The summed E-state index contributed by atoms with van der Waals surface area (Å²) in [7, 11) is -1.30. The lowest BCUT2D eigenvalue weighted by Gasteiger charge is -2.27. The molecule has 0 spiro atoms. The number of anilines is 1. The van der Waals surface area contributed by atoms with Crippen molar-refractivity contribution in [3.63, 3.8) is 0 Å². The first kappa shape index (κ1) is 18.6. The number of carbonyl (C=O) groups excluding carboxylic acids is 1. The fourth-order valence-electron chi connectivity index (χ4n) is 2.89. The maximum atomic E-state index is 12.3. The molecule has 0 bridgehead atoms. The highest BCUT2D eigenvalue weighted by Gasteiger charge is 2.18. The number of hydrogen-bond acceptors (Lipinski definition) is 6. The molecule has 1 aliphatic rings. The van der Waals surface area contributed by atoms with Crippen LogP contribution in [0.25, 0.3) is 11.0 Å². The quantitative estimate of drug-likeness (QED) is 0.665. The standard InChI is InChI=1S/C16H23N5O4S/c1-20-14-4-3-12(15(22)17-5-6-18-26(2,23)24)11-13(14)19-16(20)21-7-9-25-10-8-21/h3-4,11,18H,5-10H2,1-2H3,(H,17,22). The lowest BCUT2D eigenvalue weighted by Crippen LogP contribution is -2.37. The zero-order valence-electron chi connectivity index (χ0n) is 14.9. The molecule has 2 aromatic rings. The Labute approximate surface area is 152 Å². The molecule has 9 nitrogen and oxygen atoms in total. The van der Waals surface area contributed by atoms with Gasteiger partial charge in [-0.15, -0.1) is 0 Å². The van der Waals surface area contributed by atoms with Crippen molar-refractivity contribution in [1.82, 2.24) is 19.6 Å². The number of benzene rings is 1. The van der Waals surface area contributed by atoms with Gasteiger partial charge in [0.05, 0.1) is 30.5 Å². The molecule has 142 valence electrons. The molecule has 0 unspecified atom stereocenters. The Balaban J connectivity index is 1.71. The summed E-state index contributed by atoms with van der Waals surface area (Å²) in [6.45, 7) is 3.30. The van der Waals surface area contributed by atoms with Crippen LogP contribution in [0.5, 0.6) is 0 Å². The van der Waals surface area contributed by atoms with Gasteiger partial charge in [0.25, 0.3) is 5.91 Å². The number of aryl methyl sites for hydroxylation is 1. The third kappa shape index (κ3) is 4.32. The van der Waals surface area contributed by atoms with Crippen LogP contribution < -0.4 is 14.9 Å². The third-order valence-electron chi connectivity index (χ3n) is 4.19. The van der Waals surface area contributed by atoms with E-state index in [1.165, 1.54) is 0 Å². The van der Waals surface area contributed by atoms with Gasteiger partial charge in [-0.05, 0) is 18.2 Å². The molecule has 1 fully saturated rings. The van der Waals surface area contributed by atoms with Crippen LogP contribution >= 0.6 is 0 Å². The average molecular weight is 381 g/mol. The summed E-state index contributed by atoms with van der Waals surface area (Å²) in [5, 5.41) is 2.69. The van der Waals surface area contributed by atoms with Gasteiger partial charge in [-0.2, -0.15) is 0 Å². The summed E-state index contributed by atoms with van der Waals surface area (Å²) in [4.78, 5) is 19.1. The van der Waals surface area contributed by atoms with Gasteiger partial charge in [0.2, 0.25) is 16.0 Å². The highest BCUT2D eigenvalue weighted by molar-refractivity contribution is 7.88. The van der Waals surface area contributed by atoms with Gasteiger partial charge in [-0.3, -0.25) is 4.79 Å². The number of rotatable bonds is 6. The van der Waals surface area contributed by atoms with Gasteiger partial charge in [-0.1, -0.05) is 0 Å². The second-order valence-electron chi connectivity index (χ2n) is 6.20. The fraction of sp³-hybridized carbons (Fsp3) is 0.500. The molecule has 1 amide bonds. The fourth-order valence-corrected chi connectivity index (χ4v) is 3.36. The molecule has 0 saturated carbocycles. The van der Waals surface area contributed by atoms with Crippen molar-refractivity contribution >= 4 is 32.9 Å². The second-order valence-corrected chi connectivity index (χ2v) is 8.03. The minimum absolute atomic E-state index is 0.150. The predicted molar refractivity (Wildman–Crippen MR) is 98.9 cm³/mol. The molecule has 2 N–H and O–H groups in total. The Kier molecular flexibility index (Phi) is 5.44. The third-order valence-corrected chi connectivity index (χ3v) is 4.92. The van der Waals surface area contributed by atoms with E-state index in [4.69, 9.17) is 4.74 Å². The zero-order valence-corrected chi connectivity index (χ0v) is 15.7. The van der Waals surface area contributed by atoms with Gasteiger partial charge < -0.3 is 19.5 Å². The van der Waals surface area contributed by atoms with E-state index in [1.807, 2.05) is 17.7 Å². The molecular weight excluding hydrogens is 358 g/mol. The van der Waals surface area contributed by atoms with Crippen molar-refractivity contribution < 1.29 is 17.9 Å². The van der Waals surface area contributed by atoms with E-state index in [0.29, 0.717) is 18.8 Å². The molecule has 2 heterocycles. The summed E-state index contributed by atoms with van der Waals surface area (Å²) < 4.78 is 31.7. The molecule has 0 radical (unpaired) electrons. The maximum Gasteiger partial charge on any atom is 0.251 e. The predicted octanol–water partition coefficient (Wildman–Crippen LogP) is -0.311. The highest BCUT2D eigenvalue weighted by atomic mass is 32.2. The van der Waals surface area contributed by atoms with Gasteiger partial charge in [0, 0.05) is 38.8 Å². The number of aromatic nitrogens is 2. The number of nitrogens with zero attached hydrogens (tertiary/aromatic N) is 3. The van der Waals surface area contributed by atoms with Crippen molar-refractivity contribution in [2.75, 3.05) is 50.5 Å². The Morgan fingerprint density at radius 2 is 2.00 bits per heavy atom. The number of sulfonamides is 1. The van der Waals surface area contributed by atoms with E-state index in [0.717, 1.165) is 36.3 Å². The summed E-state index contributed by atoms with van der Waals surface area (Å²) in [5.41, 5.74) is 2.18. The van der Waals surface area contributed by atoms with Crippen LogP contribution in [0.1, 0.15) is 10.4 Å². The van der Waals surface area contributed by atoms with E-state index in [9.17, 15) is 13.2 Å². The molecule has 1 saturated heterocycles. The SMILES string of the molecule is Cn1c(N2CCOCC2)nc2cc(C(=O)NCCNS(C)(=O)=O)ccc21. The molecule has 0 aliphatic carbocycles. The van der Waals surface area contributed by atoms with Crippen molar-refractivity contribution in [3.8, 4) is 0 Å². The summed E-state index contributed by atoms with van der Waals surface area (Å²) in [6.07, 6.45) is 1.08. The molecule has 1 aromatic carbocycles. The summed E-state index contributed by atoms with van der Waals surface area (Å²) in [6, 6.07) is 5.36. The van der Waals surface area contributed by atoms with Crippen molar-refractivity contribution in [2.45, 2.75) is 0 Å². The Bertz CT molecular complexity index is 903. The minimum atomic E-state index is -3.26. The Hall–Kier alpha value is -2.17. The van der Waals surface area contributed by atoms with Crippen LogP contribution in [0.3, 0.4) is 0 Å². The number of ether oxygens (including phenoxy) is 1. The van der Waals surface area contributed by atoms with E-state index < -0.39 is 10.0 Å². The van der Waals surface area contributed by atoms with Crippen LogP contribution in [0, 0.1) is 0 Å². The molecule has 10 heteroatoms. The van der Waals surface area contributed by atoms with E-state index in [2.05, 4.69) is 19.9 Å². The van der Waals surface area contributed by atoms with Crippen molar-refractivity contribution in [3.05, 3.63) is 23.8 Å². The largest absolute Gasteiger partial charge is 0.378 e. The van der Waals surface area contributed by atoms with Crippen molar-refractivity contribution in [2.24, 2.45) is 7.05 Å². The Morgan fingerprint density at radius 3 is 2.69 bits per heavy atom. The molecule has 26 heavy (non-hydrogen) atoms. The summed E-state index contributed by atoms with van der Waals surface area (Å²) >= 11 is 0.